The van der Waals surface area contributed by atoms with E-state index in [1.807, 2.05) is 16.1 Å². The van der Waals surface area contributed by atoms with Gasteiger partial charge in [0.2, 0.25) is 4.96 Å². The maximum absolute atomic E-state index is 4.59. The van der Waals surface area contributed by atoms with Gasteiger partial charge >= 0.3 is 0 Å². The number of hydrogen-bond donors (Lipinski definition) is 0. The van der Waals surface area contributed by atoms with Crippen molar-refractivity contribution < 1.29 is 0 Å². The van der Waals surface area contributed by atoms with Crippen LogP contribution in [0.15, 0.2) is 6.07 Å². The molecule has 0 amide bonds. The van der Waals surface area contributed by atoms with Crippen LogP contribution in [0.5, 0.6) is 0 Å². The van der Waals surface area contributed by atoms with E-state index < -0.39 is 0 Å². The standard InChI is InChI=1S/C12H16N6S/c1-7(2)11-13-14-12-18(11)16-10(19-12)6-17-9(4)5-8(3)15-17/h5,7H,6H2,1-4H3. The summed E-state index contributed by atoms with van der Waals surface area (Å²) in [4.78, 5) is 0.847. The van der Waals surface area contributed by atoms with Crippen LogP contribution in [0, 0.1) is 13.8 Å². The van der Waals surface area contributed by atoms with Gasteiger partial charge in [0.25, 0.3) is 0 Å². The number of hydrogen-bond acceptors (Lipinski definition) is 5. The van der Waals surface area contributed by atoms with E-state index in [1.165, 1.54) is 0 Å². The molecule has 6 nitrogen and oxygen atoms in total. The lowest BCUT2D eigenvalue weighted by Gasteiger charge is -2.00. The van der Waals surface area contributed by atoms with Crippen LogP contribution in [-0.2, 0) is 6.54 Å². The van der Waals surface area contributed by atoms with Gasteiger partial charge in [-0.3, -0.25) is 4.68 Å². The number of aryl methyl sites for hydroxylation is 2. The average Bonchev–Trinajstić information content (AvgIpc) is 2.93. The summed E-state index contributed by atoms with van der Waals surface area (Å²) in [5.74, 6) is 1.23. The van der Waals surface area contributed by atoms with E-state index in [0.717, 1.165) is 27.2 Å². The zero-order valence-electron chi connectivity index (χ0n) is 11.5. The molecule has 3 aromatic heterocycles. The molecule has 0 atom stereocenters. The van der Waals surface area contributed by atoms with Crippen molar-refractivity contribution in [2.75, 3.05) is 0 Å². The first kappa shape index (κ1) is 12.3. The molecule has 0 aliphatic heterocycles. The zero-order valence-corrected chi connectivity index (χ0v) is 12.3. The SMILES string of the molecule is Cc1cc(C)n(Cc2nn3c(C(C)C)nnc3s2)n1. The maximum Gasteiger partial charge on any atom is 0.234 e. The fourth-order valence-electron chi connectivity index (χ4n) is 2.06. The molecule has 0 N–H and O–H groups in total. The van der Waals surface area contributed by atoms with Crippen LogP contribution in [0.3, 0.4) is 0 Å². The molecule has 0 aromatic carbocycles. The van der Waals surface area contributed by atoms with E-state index in [4.69, 9.17) is 0 Å². The van der Waals surface area contributed by atoms with Crippen molar-refractivity contribution in [2.45, 2.75) is 40.2 Å². The predicted octanol–water partition coefficient (Wildman–Crippen LogP) is 2.17. The zero-order chi connectivity index (χ0) is 13.6. The lowest BCUT2D eigenvalue weighted by Crippen LogP contribution is -2.05. The van der Waals surface area contributed by atoms with Crippen LogP contribution in [0.25, 0.3) is 4.96 Å². The molecule has 3 heterocycles. The Morgan fingerprint density at radius 3 is 2.63 bits per heavy atom. The summed E-state index contributed by atoms with van der Waals surface area (Å²) in [5, 5.41) is 18.4. The van der Waals surface area contributed by atoms with Crippen molar-refractivity contribution in [1.29, 1.82) is 0 Å². The van der Waals surface area contributed by atoms with Crippen LogP contribution in [-0.4, -0.2) is 29.6 Å². The molecule has 0 saturated heterocycles. The summed E-state index contributed by atoms with van der Waals surface area (Å²) in [6.07, 6.45) is 0. The van der Waals surface area contributed by atoms with E-state index in [0.29, 0.717) is 12.5 Å². The molecule has 0 aliphatic carbocycles. The summed E-state index contributed by atoms with van der Waals surface area (Å²) in [6.45, 7) is 8.93. The molecule has 0 bridgehead atoms. The third kappa shape index (κ3) is 2.14. The normalized spacial score (nSPS) is 11.8. The predicted molar refractivity (Wildman–Crippen MR) is 73.6 cm³/mol. The second kappa shape index (κ2) is 4.41. The van der Waals surface area contributed by atoms with Gasteiger partial charge in [-0.15, -0.1) is 10.2 Å². The average molecular weight is 276 g/mol. The molecule has 3 aromatic rings. The second-order valence-electron chi connectivity index (χ2n) is 4.99. The summed E-state index contributed by atoms with van der Waals surface area (Å²) in [5.41, 5.74) is 2.18. The van der Waals surface area contributed by atoms with Gasteiger partial charge in [-0.05, 0) is 19.9 Å². The summed E-state index contributed by atoms with van der Waals surface area (Å²) in [7, 11) is 0. The van der Waals surface area contributed by atoms with E-state index in [9.17, 15) is 0 Å². The van der Waals surface area contributed by atoms with Gasteiger partial charge in [0.1, 0.15) is 5.01 Å². The number of aromatic nitrogens is 6. The van der Waals surface area contributed by atoms with E-state index in [-0.39, 0.29) is 0 Å². The highest BCUT2D eigenvalue weighted by Crippen LogP contribution is 2.19. The van der Waals surface area contributed by atoms with Crippen molar-refractivity contribution in [1.82, 2.24) is 29.6 Å². The van der Waals surface area contributed by atoms with Crippen LogP contribution >= 0.6 is 11.3 Å². The van der Waals surface area contributed by atoms with E-state index >= 15 is 0 Å². The molecule has 0 aliphatic rings. The second-order valence-corrected chi connectivity index (χ2v) is 6.03. The summed E-state index contributed by atoms with van der Waals surface area (Å²) >= 11 is 1.57. The molecule has 0 spiro atoms. The number of fused-ring (bicyclic) bond motifs is 1. The number of nitrogens with zero attached hydrogens (tertiary/aromatic N) is 6. The first-order chi connectivity index (χ1) is 9.04. The van der Waals surface area contributed by atoms with Gasteiger partial charge in [0.05, 0.1) is 12.2 Å². The van der Waals surface area contributed by atoms with Crippen LogP contribution < -0.4 is 0 Å². The van der Waals surface area contributed by atoms with Crippen molar-refractivity contribution in [3.8, 4) is 0 Å². The van der Waals surface area contributed by atoms with Gasteiger partial charge in [0, 0.05) is 11.6 Å². The first-order valence-electron chi connectivity index (χ1n) is 6.26. The van der Waals surface area contributed by atoms with E-state index in [2.05, 4.69) is 47.2 Å². The maximum atomic E-state index is 4.59. The molecular weight excluding hydrogens is 260 g/mol. The fourth-order valence-corrected chi connectivity index (χ4v) is 2.88. The molecule has 0 saturated carbocycles. The monoisotopic (exact) mass is 276 g/mol. The fraction of sp³-hybridized carbons (Fsp3) is 0.500. The minimum Gasteiger partial charge on any atom is -0.263 e. The Hall–Kier alpha value is -1.76. The molecule has 100 valence electrons. The Labute approximate surface area is 115 Å². The first-order valence-corrected chi connectivity index (χ1v) is 7.08. The van der Waals surface area contributed by atoms with Crippen LogP contribution in [0.2, 0.25) is 0 Å². The van der Waals surface area contributed by atoms with Crippen molar-refractivity contribution >= 4 is 16.3 Å². The minimum absolute atomic E-state index is 0.318. The van der Waals surface area contributed by atoms with Gasteiger partial charge in [-0.1, -0.05) is 25.2 Å². The van der Waals surface area contributed by atoms with Crippen LogP contribution in [0.4, 0.5) is 0 Å². The van der Waals surface area contributed by atoms with Crippen molar-refractivity contribution in [3.63, 3.8) is 0 Å². The highest BCUT2D eigenvalue weighted by atomic mass is 32.1. The highest BCUT2D eigenvalue weighted by molar-refractivity contribution is 7.16. The van der Waals surface area contributed by atoms with Crippen LogP contribution in [0.1, 0.15) is 42.0 Å². The Kier molecular flexibility index (Phi) is 2.85. The molecule has 7 heteroatoms. The lowest BCUT2D eigenvalue weighted by atomic mass is 10.2. The Morgan fingerprint density at radius 1 is 1.21 bits per heavy atom. The molecule has 0 fully saturated rings. The Bertz CT molecular complexity index is 720. The van der Waals surface area contributed by atoms with E-state index in [1.54, 1.807) is 11.3 Å². The van der Waals surface area contributed by atoms with Gasteiger partial charge in [-0.2, -0.15) is 14.7 Å². The molecule has 0 unspecified atom stereocenters. The molecule has 19 heavy (non-hydrogen) atoms. The Balaban J connectivity index is 1.96. The van der Waals surface area contributed by atoms with Gasteiger partial charge in [0.15, 0.2) is 5.82 Å². The van der Waals surface area contributed by atoms with Crippen molar-refractivity contribution in [2.24, 2.45) is 0 Å². The molecule has 3 rings (SSSR count). The smallest absolute Gasteiger partial charge is 0.234 e. The Morgan fingerprint density at radius 2 is 2.00 bits per heavy atom. The van der Waals surface area contributed by atoms with Gasteiger partial charge < -0.3 is 0 Å². The minimum atomic E-state index is 0.318. The highest BCUT2D eigenvalue weighted by Gasteiger charge is 2.14. The third-order valence-electron chi connectivity index (χ3n) is 2.96. The molecular formula is C12H16N6S. The quantitative estimate of drug-likeness (QED) is 0.735. The summed E-state index contributed by atoms with van der Waals surface area (Å²) < 4.78 is 3.81. The topological polar surface area (TPSA) is 60.9 Å². The summed E-state index contributed by atoms with van der Waals surface area (Å²) in [6, 6.07) is 2.07. The number of rotatable bonds is 3. The molecule has 0 radical (unpaired) electrons. The largest absolute Gasteiger partial charge is 0.263 e. The third-order valence-corrected chi connectivity index (χ3v) is 3.85. The lowest BCUT2D eigenvalue weighted by molar-refractivity contribution is 0.640. The van der Waals surface area contributed by atoms with Gasteiger partial charge in [-0.25, -0.2) is 0 Å². The van der Waals surface area contributed by atoms with Crippen molar-refractivity contribution in [3.05, 3.63) is 28.3 Å².